The van der Waals surface area contributed by atoms with E-state index in [2.05, 4.69) is 27.7 Å². The fourth-order valence-electron chi connectivity index (χ4n) is 3.33. The van der Waals surface area contributed by atoms with Crippen LogP contribution in [0, 0.1) is 23.7 Å². The average molecular weight is 182 g/mol. The topological polar surface area (TPSA) is 0 Å². The predicted octanol–water partition coefficient (Wildman–Crippen LogP) is 4.49. The van der Waals surface area contributed by atoms with E-state index in [1.807, 2.05) is 0 Å². The van der Waals surface area contributed by atoms with E-state index >= 15 is 0 Å². The van der Waals surface area contributed by atoms with Gasteiger partial charge in [0.15, 0.2) is 0 Å². The zero-order valence-corrected chi connectivity index (χ0v) is 9.84. The Kier molecular flexibility index (Phi) is 4.28. The van der Waals surface area contributed by atoms with Gasteiger partial charge >= 0.3 is 0 Å². The van der Waals surface area contributed by atoms with E-state index in [9.17, 15) is 0 Å². The molecule has 0 aromatic heterocycles. The van der Waals surface area contributed by atoms with E-state index in [4.69, 9.17) is 0 Å². The van der Waals surface area contributed by atoms with E-state index < -0.39 is 0 Å². The molecule has 1 fully saturated rings. The molecule has 0 N–H and O–H groups in total. The molecule has 0 aromatic carbocycles. The van der Waals surface area contributed by atoms with E-state index in [0.29, 0.717) is 0 Å². The van der Waals surface area contributed by atoms with Crippen LogP contribution in [0.25, 0.3) is 0 Å². The van der Waals surface area contributed by atoms with Crippen molar-refractivity contribution in [3.63, 3.8) is 0 Å². The van der Waals surface area contributed by atoms with Crippen molar-refractivity contribution in [2.24, 2.45) is 23.7 Å². The van der Waals surface area contributed by atoms with Gasteiger partial charge in [0.05, 0.1) is 0 Å². The number of rotatable bonds is 3. The molecule has 13 heavy (non-hydrogen) atoms. The first-order valence-electron chi connectivity index (χ1n) is 6.20. The molecule has 0 aromatic rings. The lowest BCUT2D eigenvalue weighted by atomic mass is 9.65. The molecular weight excluding hydrogens is 156 g/mol. The van der Waals surface area contributed by atoms with Crippen LogP contribution in [0.15, 0.2) is 0 Å². The smallest absolute Gasteiger partial charge is 0.0358 e. The number of hydrogen-bond donors (Lipinski definition) is 0. The van der Waals surface area contributed by atoms with E-state index in [-0.39, 0.29) is 0 Å². The summed E-state index contributed by atoms with van der Waals surface area (Å²) in [6, 6.07) is 0. The largest absolute Gasteiger partial charge is 0.0654 e. The fourth-order valence-corrected chi connectivity index (χ4v) is 3.33. The molecule has 0 aliphatic heterocycles. The highest BCUT2D eigenvalue weighted by atomic mass is 14.4. The minimum atomic E-state index is 0.984. The Labute approximate surface area is 84.1 Å². The summed E-state index contributed by atoms with van der Waals surface area (Å²) in [6.07, 6.45) is 7.18. The zero-order valence-electron chi connectivity index (χ0n) is 9.84. The standard InChI is InChI=1S/C13H26/c1-5-7-13-11(4)9-8-10(3)12(13)6-2/h10-13H,5-9H2,1-4H3. The Bertz CT molecular complexity index is 139. The molecule has 0 saturated heterocycles. The molecule has 0 amide bonds. The van der Waals surface area contributed by atoms with Crippen LogP contribution in [-0.2, 0) is 0 Å². The fraction of sp³-hybridized carbons (Fsp3) is 1.00. The van der Waals surface area contributed by atoms with Gasteiger partial charge in [-0.25, -0.2) is 0 Å². The van der Waals surface area contributed by atoms with Crippen molar-refractivity contribution < 1.29 is 0 Å². The minimum absolute atomic E-state index is 0.984. The summed E-state index contributed by atoms with van der Waals surface area (Å²) in [5.41, 5.74) is 0. The highest BCUT2D eigenvalue weighted by Gasteiger charge is 2.32. The van der Waals surface area contributed by atoms with Crippen LogP contribution in [0.4, 0.5) is 0 Å². The number of hydrogen-bond acceptors (Lipinski definition) is 0. The SMILES string of the molecule is CCCC1C(C)CCC(C)C1CC. The first-order valence-corrected chi connectivity index (χ1v) is 6.20. The molecule has 4 unspecified atom stereocenters. The summed E-state index contributed by atoms with van der Waals surface area (Å²) in [6.45, 7) is 9.64. The molecular formula is C13H26. The average Bonchev–Trinajstić information content (AvgIpc) is 2.12. The maximum Gasteiger partial charge on any atom is -0.0358 e. The highest BCUT2D eigenvalue weighted by molar-refractivity contribution is 4.82. The molecule has 78 valence electrons. The Hall–Kier alpha value is 0. The van der Waals surface area contributed by atoms with Crippen LogP contribution < -0.4 is 0 Å². The Morgan fingerprint density at radius 2 is 1.46 bits per heavy atom. The lowest BCUT2D eigenvalue weighted by Crippen LogP contribution is -2.31. The van der Waals surface area contributed by atoms with E-state index in [1.54, 1.807) is 0 Å². The second-order valence-corrected chi connectivity index (χ2v) is 5.06. The van der Waals surface area contributed by atoms with Gasteiger partial charge in [0.2, 0.25) is 0 Å². The van der Waals surface area contributed by atoms with Gasteiger partial charge in [-0.1, -0.05) is 59.8 Å². The third-order valence-corrected chi connectivity index (χ3v) is 4.18. The maximum absolute atomic E-state index is 2.47. The molecule has 1 saturated carbocycles. The van der Waals surface area contributed by atoms with Gasteiger partial charge in [0.25, 0.3) is 0 Å². The van der Waals surface area contributed by atoms with Crippen molar-refractivity contribution in [1.82, 2.24) is 0 Å². The van der Waals surface area contributed by atoms with Crippen molar-refractivity contribution in [2.75, 3.05) is 0 Å². The van der Waals surface area contributed by atoms with Crippen LogP contribution in [-0.4, -0.2) is 0 Å². The molecule has 0 bridgehead atoms. The van der Waals surface area contributed by atoms with E-state index in [1.165, 1.54) is 32.1 Å². The highest BCUT2D eigenvalue weighted by Crippen LogP contribution is 2.42. The molecule has 0 heterocycles. The summed E-state index contributed by atoms with van der Waals surface area (Å²) in [5, 5.41) is 0. The molecule has 0 nitrogen and oxygen atoms in total. The summed E-state index contributed by atoms with van der Waals surface area (Å²) >= 11 is 0. The summed E-state index contributed by atoms with van der Waals surface area (Å²) < 4.78 is 0. The van der Waals surface area contributed by atoms with Crippen molar-refractivity contribution >= 4 is 0 Å². The summed E-state index contributed by atoms with van der Waals surface area (Å²) in [7, 11) is 0. The Balaban J connectivity index is 2.59. The lowest BCUT2D eigenvalue weighted by molar-refractivity contribution is 0.0964. The van der Waals surface area contributed by atoms with Gasteiger partial charge in [-0.2, -0.15) is 0 Å². The third kappa shape index (κ3) is 2.48. The van der Waals surface area contributed by atoms with Gasteiger partial charge in [-0.3, -0.25) is 0 Å². The Morgan fingerprint density at radius 1 is 0.923 bits per heavy atom. The molecule has 1 aliphatic carbocycles. The molecule has 4 atom stereocenters. The maximum atomic E-state index is 2.47. The second kappa shape index (κ2) is 5.02. The minimum Gasteiger partial charge on any atom is -0.0654 e. The summed E-state index contributed by atoms with van der Waals surface area (Å²) in [5.74, 6) is 4.02. The van der Waals surface area contributed by atoms with Crippen LogP contribution in [0.5, 0.6) is 0 Å². The quantitative estimate of drug-likeness (QED) is 0.603. The van der Waals surface area contributed by atoms with Crippen molar-refractivity contribution in [3.05, 3.63) is 0 Å². The van der Waals surface area contributed by atoms with Crippen molar-refractivity contribution in [2.45, 2.75) is 59.8 Å². The van der Waals surface area contributed by atoms with Crippen LogP contribution >= 0.6 is 0 Å². The normalized spacial score (nSPS) is 40.6. The van der Waals surface area contributed by atoms with Gasteiger partial charge in [-0.05, 0) is 23.7 Å². The van der Waals surface area contributed by atoms with Gasteiger partial charge in [0.1, 0.15) is 0 Å². The third-order valence-electron chi connectivity index (χ3n) is 4.18. The molecule has 1 rings (SSSR count). The predicted molar refractivity (Wildman–Crippen MR) is 59.7 cm³/mol. The lowest BCUT2D eigenvalue weighted by Gasteiger charge is -2.40. The summed E-state index contributed by atoms with van der Waals surface area (Å²) in [4.78, 5) is 0. The van der Waals surface area contributed by atoms with E-state index in [0.717, 1.165) is 23.7 Å². The Morgan fingerprint density at radius 3 is 1.92 bits per heavy atom. The van der Waals surface area contributed by atoms with Gasteiger partial charge < -0.3 is 0 Å². The molecule has 0 spiro atoms. The van der Waals surface area contributed by atoms with Crippen LogP contribution in [0.2, 0.25) is 0 Å². The van der Waals surface area contributed by atoms with Crippen molar-refractivity contribution in [1.29, 1.82) is 0 Å². The molecule has 0 heteroatoms. The monoisotopic (exact) mass is 182 g/mol. The van der Waals surface area contributed by atoms with Crippen molar-refractivity contribution in [3.8, 4) is 0 Å². The van der Waals surface area contributed by atoms with Gasteiger partial charge in [-0.15, -0.1) is 0 Å². The van der Waals surface area contributed by atoms with Gasteiger partial charge in [0, 0.05) is 0 Å². The molecule has 1 aliphatic rings. The zero-order chi connectivity index (χ0) is 9.84. The second-order valence-electron chi connectivity index (χ2n) is 5.06. The first-order chi connectivity index (χ1) is 6.20. The molecule has 0 radical (unpaired) electrons. The van der Waals surface area contributed by atoms with Crippen LogP contribution in [0.3, 0.4) is 0 Å². The first kappa shape index (κ1) is 11.1. The van der Waals surface area contributed by atoms with Crippen LogP contribution in [0.1, 0.15) is 59.8 Å².